The highest BCUT2D eigenvalue weighted by molar-refractivity contribution is 6.11. The molecule has 0 N–H and O–H groups in total. The molecule has 0 saturated heterocycles. The van der Waals surface area contributed by atoms with Crippen molar-refractivity contribution in [2.24, 2.45) is 0 Å². The molecule has 2 heterocycles. The molecule has 0 atom stereocenters. The van der Waals surface area contributed by atoms with Crippen molar-refractivity contribution in [3.63, 3.8) is 0 Å². The zero-order valence-corrected chi connectivity index (χ0v) is 23.7. The van der Waals surface area contributed by atoms with Crippen molar-refractivity contribution in [1.82, 2.24) is 14.5 Å². The second-order valence-electron chi connectivity index (χ2n) is 10.8. The van der Waals surface area contributed by atoms with Gasteiger partial charge in [0, 0.05) is 28.7 Å². The van der Waals surface area contributed by atoms with Crippen LogP contribution in [0.3, 0.4) is 0 Å². The van der Waals surface area contributed by atoms with Gasteiger partial charge in [0.2, 0.25) is 0 Å². The van der Waals surface area contributed by atoms with Crippen molar-refractivity contribution in [3.8, 4) is 51.5 Å². The maximum Gasteiger partial charge on any atom is 0.159 e. The number of rotatable bonds is 4. The van der Waals surface area contributed by atoms with E-state index in [0.29, 0.717) is 22.5 Å². The molecule has 43 heavy (non-hydrogen) atoms. The van der Waals surface area contributed by atoms with Crippen molar-refractivity contribution in [2.45, 2.75) is 13.8 Å². The van der Waals surface area contributed by atoms with Gasteiger partial charge in [0.25, 0.3) is 0 Å². The number of aryl methyl sites for hydroxylation is 2. The lowest BCUT2D eigenvalue weighted by molar-refractivity contribution is 1.14. The molecule has 0 amide bonds. The van der Waals surface area contributed by atoms with E-state index < -0.39 is 0 Å². The van der Waals surface area contributed by atoms with Gasteiger partial charge in [-0.15, -0.1) is 0 Å². The highest BCUT2D eigenvalue weighted by Crippen LogP contribution is 2.38. The molecule has 0 fully saturated rings. The minimum Gasteiger partial charge on any atom is -0.308 e. The summed E-state index contributed by atoms with van der Waals surface area (Å²) in [6, 6.07) is 40.3. The highest BCUT2D eigenvalue weighted by atomic mass is 15.0. The first kappa shape index (κ1) is 25.9. The van der Waals surface area contributed by atoms with Crippen LogP contribution in [-0.4, -0.2) is 14.5 Å². The Morgan fingerprint density at radius 2 is 1.09 bits per heavy atom. The van der Waals surface area contributed by atoms with Crippen LogP contribution >= 0.6 is 0 Å². The predicted molar refractivity (Wildman–Crippen MR) is 172 cm³/mol. The Bertz CT molecular complexity index is 2180. The van der Waals surface area contributed by atoms with Crippen molar-refractivity contribution < 1.29 is 0 Å². The summed E-state index contributed by atoms with van der Waals surface area (Å²) >= 11 is 0. The molecule has 0 bridgehead atoms. The van der Waals surface area contributed by atoms with E-state index in [2.05, 4.69) is 119 Å². The molecule has 5 aromatic carbocycles. The first-order valence-corrected chi connectivity index (χ1v) is 14.0. The van der Waals surface area contributed by atoms with Gasteiger partial charge in [-0.1, -0.05) is 83.9 Å². The van der Waals surface area contributed by atoms with Gasteiger partial charge in [-0.3, -0.25) is 0 Å². The lowest BCUT2D eigenvalue weighted by Crippen LogP contribution is -1.99. The quantitative estimate of drug-likeness (QED) is 0.219. The summed E-state index contributed by atoms with van der Waals surface area (Å²) in [5.74, 6) is 0.465. The van der Waals surface area contributed by atoms with Crippen LogP contribution in [0.2, 0.25) is 0 Å². The monoisotopic (exact) mass is 551 g/mol. The van der Waals surface area contributed by atoms with Gasteiger partial charge >= 0.3 is 0 Å². The first-order chi connectivity index (χ1) is 21.0. The molecule has 0 saturated carbocycles. The number of fused-ring (bicyclic) bond motifs is 3. The Morgan fingerprint density at radius 3 is 1.60 bits per heavy atom. The maximum absolute atomic E-state index is 10.4. The van der Waals surface area contributed by atoms with Crippen LogP contribution in [0.5, 0.6) is 0 Å². The molecule has 5 nitrogen and oxygen atoms in total. The van der Waals surface area contributed by atoms with Crippen molar-refractivity contribution in [2.75, 3.05) is 0 Å². The molecular weight excluding hydrogens is 526 g/mol. The second kappa shape index (κ2) is 10.4. The molecule has 202 valence electrons. The predicted octanol–water partition coefficient (Wildman–Crippen LogP) is 8.93. The fourth-order valence-electron chi connectivity index (χ4n) is 5.78. The third kappa shape index (κ3) is 4.60. The lowest BCUT2D eigenvalue weighted by Gasteiger charge is -2.13. The van der Waals surface area contributed by atoms with Gasteiger partial charge in [-0.2, -0.15) is 10.5 Å². The van der Waals surface area contributed by atoms with Crippen LogP contribution in [0.25, 0.3) is 61.1 Å². The summed E-state index contributed by atoms with van der Waals surface area (Å²) in [4.78, 5) is 8.68. The number of hydrogen-bond donors (Lipinski definition) is 0. The topological polar surface area (TPSA) is 78.3 Å². The van der Waals surface area contributed by atoms with Crippen molar-refractivity contribution in [3.05, 3.63) is 138 Å². The molecule has 0 spiro atoms. The lowest BCUT2D eigenvalue weighted by atomic mass is 10.0. The second-order valence-corrected chi connectivity index (χ2v) is 10.8. The Morgan fingerprint density at radius 1 is 0.558 bits per heavy atom. The van der Waals surface area contributed by atoms with Crippen LogP contribution in [0.15, 0.2) is 116 Å². The minimum absolute atomic E-state index is 0.389. The summed E-state index contributed by atoms with van der Waals surface area (Å²) in [6.07, 6.45) is 2.99. The van der Waals surface area contributed by atoms with Crippen LogP contribution in [0, 0.1) is 36.5 Å². The fourth-order valence-corrected chi connectivity index (χ4v) is 5.78. The van der Waals surface area contributed by atoms with Gasteiger partial charge < -0.3 is 4.57 Å². The Hall–Kier alpha value is -6.04. The number of hydrogen-bond acceptors (Lipinski definition) is 4. The Kier molecular flexibility index (Phi) is 6.27. The molecule has 2 aromatic heterocycles. The van der Waals surface area contributed by atoms with E-state index >= 15 is 0 Å². The molecule has 0 aliphatic heterocycles. The summed E-state index contributed by atoms with van der Waals surface area (Å²) < 4.78 is 2.20. The van der Waals surface area contributed by atoms with Crippen LogP contribution < -0.4 is 0 Å². The maximum atomic E-state index is 10.4. The standard InChI is InChI=1S/C38H25N5/c1-24-5-3-7-27(15-24)29-9-12-33-34-13-10-30(28-8-4-6-25(2)16-28)19-37(34)43(36(33)18-29)35-14-11-31(17-32(35)21-40)38-41-22-26(20-39)23-42-38/h3-19,22-23H,1-2H3. The van der Waals surface area contributed by atoms with Crippen molar-refractivity contribution in [1.29, 1.82) is 10.5 Å². The largest absolute Gasteiger partial charge is 0.308 e. The SMILES string of the molecule is Cc1cccc(-c2ccc3c4ccc(-c5cccc(C)c5)cc4n(-c4ccc(-c5ncc(C#N)cn5)cc4C#N)c3c2)c1. The Labute approximate surface area is 249 Å². The summed E-state index contributed by atoms with van der Waals surface area (Å²) in [5, 5.41) is 21.8. The summed E-state index contributed by atoms with van der Waals surface area (Å²) in [7, 11) is 0. The minimum atomic E-state index is 0.389. The molecule has 0 aliphatic carbocycles. The van der Waals surface area contributed by atoms with E-state index in [1.807, 2.05) is 24.3 Å². The average molecular weight is 552 g/mol. The Balaban J connectivity index is 1.50. The van der Waals surface area contributed by atoms with E-state index in [0.717, 1.165) is 49.7 Å². The smallest absolute Gasteiger partial charge is 0.159 e. The van der Waals surface area contributed by atoms with Crippen LogP contribution in [0.4, 0.5) is 0 Å². The third-order valence-corrected chi connectivity index (χ3v) is 7.87. The molecule has 0 radical (unpaired) electrons. The number of aromatic nitrogens is 3. The summed E-state index contributed by atoms with van der Waals surface area (Å²) in [5.41, 5.74) is 11.4. The number of nitrogens with zero attached hydrogens (tertiary/aromatic N) is 5. The average Bonchev–Trinajstić information content (AvgIpc) is 3.37. The van der Waals surface area contributed by atoms with Gasteiger partial charge in [-0.05, 0) is 66.4 Å². The van der Waals surface area contributed by atoms with Gasteiger partial charge in [0.15, 0.2) is 5.82 Å². The van der Waals surface area contributed by atoms with E-state index in [4.69, 9.17) is 5.26 Å². The van der Waals surface area contributed by atoms with E-state index in [9.17, 15) is 5.26 Å². The van der Waals surface area contributed by atoms with Gasteiger partial charge in [0.05, 0.1) is 27.8 Å². The number of nitriles is 2. The van der Waals surface area contributed by atoms with Gasteiger partial charge in [-0.25, -0.2) is 9.97 Å². The van der Waals surface area contributed by atoms with Crippen LogP contribution in [-0.2, 0) is 0 Å². The molecule has 5 heteroatoms. The number of benzene rings is 5. The third-order valence-electron chi connectivity index (χ3n) is 7.87. The molecule has 0 aliphatic rings. The van der Waals surface area contributed by atoms with E-state index in [-0.39, 0.29) is 0 Å². The first-order valence-electron chi connectivity index (χ1n) is 14.0. The normalized spacial score (nSPS) is 11.0. The zero-order chi connectivity index (χ0) is 29.5. The fraction of sp³-hybridized carbons (Fsp3) is 0.0526. The molecule has 0 unspecified atom stereocenters. The van der Waals surface area contributed by atoms with E-state index in [1.54, 1.807) is 0 Å². The molecular formula is C38H25N5. The van der Waals surface area contributed by atoms with Gasteiger partial charge in [0.1, 0.15) is 12.1 Å². The van der Waals surface area contributed by atoms with Crippen molar-refractivity contribution >= 4 is 21.8 Å². The zero-order valence-electron chi connectivity index (χ0n) is 23.7. The van der Waals surface area contributed by atoms with Crippen LogP contribution in [0.1, 0.15) is 22.3 Å². The van der Waals surface area contributed by atoms with E-state index in [1.165, 1.54) is 23.5 Å². The molecule has 7 rings (SSSR count). The highest BCUT2D eigenvalue weighted by Gasteiger charge is 2.18. The molecule has 7 aromatic rings. The summed E-state index contributed by atoms with van der Waals surface area (Å²) in [6.45, 7) is 4.20.